The summed E-state index contributed by atoms with van der Waals surface area (Å²) in [6, 6.07) is 1.74. The number of hydrogen-bond donors (Lipinski definition) is 2. The Bertz CT molecular complexity index is 684. The summed E-state index contributed by atoms with van der Waals surface area (Å²) in [5.74, 6) is -1.12. The first-order valence-corrected chi connectivity index (χ1v) is 6.21. The van der Waals surface area contributed by atoms with Crippen LogP contribution in [0.25, 0.3) is 11.5 Å². The van der Waals surface area contributed by atoms with E-state index in [2.05, 4.69) is 46.8 Å². The van der Waals surface area contributed by atoms with E-state index in [0.717, 1.165) is 10.7 Å². The van der Waals surface area contributed by atoms with Gasteiger partial charge in [-0.2, -0.15) is 0 Å². The van der Waals surface area contributed by atoms with Gasteiger partial charge in [-0.05, 0) is 37.9 Å². The second-order valence-electron chi connectivity index (χ2n) is 3.26. The van der Waals surface area contributed by atoms with Crippen molar-refractivity contribution >= 4 is 37.8 Å². The fourth-order valence-corrected chi connectivity index (χ4v) is 2.43. The molecule has 8 heteroatoms. The summed E-state index contributed by atoms with van der Waals surface area (Å²) in [5.41, 5.74) is -0.705. The quantitative estimate of drug-likeness (QED) is 0.838. The summed E-state index contributed by atoms with van der Waals surface area (Å²) >= 11 is 6.54. The molecular formula is C10H5Br2N3O3. The van der Waals surface area contributed by atoms with Gasteiger partial charge in [-0.1, -0.05) is 0 Å². The van der Waals surface area contributed by atoms with Crippen LogP contribution in [0.4, 0.5) is 0 Å². The molecule has 2 aromatic heterocycles. The van der Waals surface area contributed by atoms with E-state index in [-0.39, 0.29) is 5.82 Å². The molecule has 92 valence electrons. The number of nitrogens with zero attached hydrogens (tertiary/aromatic N) is 2. The molecule has 18 heavy (non-hydrogen) atoms. The van der Waals surface area contributed by atoms with Crippen molar-refractivity contribution in [1.29, 1.82) is 0 Å². The van der Waals surface area contributed by atoms with E-state index < -0.39 is 17.1 Å². The third-order valence-corrected chi connectivity index (χ3v) is 3.10. The van der Waals surface area contributed by atoms with Gasteiger partial charge in [-0.25, -0.2) is 9.78 Å². The number of carboxylic acids is 1. The van der Waals surface area contributed by atoms with E-state index in [9.17, 15) is 9.59 Å². The van der Waals surface area contributed by atoms with Crippen LogP contribution in [-0.2, 0) is 0 Å². The van der Waals surface area contributed by atoms with Crippen LogP contribution in [0.15, 0.2) is 32.2 Å². The van der Waals surface area contributed by atoms with E-state index in [4.69, 9.17) is 5.11 Å². The highest BCUT2D eigenvalue weighted by molar-refractivity contribution is 9.11. The highest BCUT2D eigenvalue weighted by atomic mass is 79.9. The SMILES string of the molecule is O=C(O)c1cnc(-c2ncc(Br)cc2Br)[nH]c1=O. The summed E-state index contributed by atoms with van der Waals surface area (Å²) in [5, 5.41) is 8.73. The number of nitrogens with one attached hydrogen (secondary N) is 1. The van der Waals surface area contributed by atoms with Gasteiger partial charge < -0.3 is 10.1 Å². The molecule has 2 rings (SSSR count). The molecule has 0 unspecified atom stereocenters. The number of carboxylic acid groups (broad SMARTS) is 1. The number of pyridine rings is 1. The summed E-state index contributed by atoms with van der Waals surface area (Å²) in [4.78, 5) is 32.5. The Morgan fingerprint density at radius 3 is 2.56 bits per heavy atom. The van der Waals surface area contributed by atoms with Crippen molar-refractivity contribution in [3.05, 3.63) is 43.3 Å². The Labute approximate surface area is 117 Å². The molecule has 6 nitrogen and oxygen atoms in total. The standard InChI is InChI=1S/C10H5Br2N3O3/c11-4-1-6(12)7(13-2-4)8-14-3-5(10(17)18)9(16)15-8/h1-3H,(H,17,18)(H,14,15,16). The van der Waals surface area contributed by atoms with E-state index in [0.29, 0.717) is 10.2 Å². The Morgan fingerprint density at radius 2 is 2.00 bits per heavy atom. The van der Waals surface area contributed by atoms with Crippen LogP contribution in [-0.4, -0.2) is 26.0 Å². The maximum atomic E-state index is 11.5. The van der Waals surface area contributed by atoms with Crippen LogP contribution in [0.1, 0.15) is 10.4 Å². The molecule has 0 aromatic carbocycles. The molecule has 0 fully saturated rings. The fraction of sp³-hybridized carbons (Fsp3) is 0. The highest BCUT2D eigenvalue weighted by Crippen LogP contribution is 2.25. The Hall–Kier alpha value is -1.54. The third kappa shape index (κ3) is 2.49. The molecule has 0 bridgehead atoms. The molecule has 2 aromatic rings. The lowest BCUT2D eigenvalue weighted by molar-refractivity contribution is 0.0694. The van der Waals surface area contributed by atoms with Gasteiger partial charge in [0.1, 0.15) is 11.3 Å². The van der Waals surface area contributed by atoms with Gasteiger partial charge in [0, 0.05) is 21.3 Å². The lowest BCUT2D eigenvalue weighted by Crippen LogP contribution is -2.19. The first kappa shape index (κ1) is 12.9. The number of H-pyrrole nitrogens is 1. The second kappa shape index (κ2) is 4.99. The molecule has 0 aliphatic heterocycles. The van der Waals surface area contributed by atoms with Crippen LogP contribution >= 0.6 is 31.9 Å². The van der Waals surface area contributed by atoms with Crippen LogP contribution in [0.3, 0.4) is 0 Å². The zero-order valence-electron chi connectivity index (χ0n) is 8.65. The van der Waals surface area contributed by atoms with Gasteiger partial charge in [0.2, 0.25) is 0 Å². The summed E-state index contributed by atoms with van der Waals surface area (Å²) in [6.45, 7) is 0. The van der Waals surface area contributed by atoms with Gasteiger partial charge in [-0.3, -0.25) is 9.78 Å². The minimum absolute atomic E-state index is 0.198. The smallest absolute Gasteiger partial charge is 0.342 e. The molecule has 0 amide bonds. The van der Waals surface area contributed by atoms with E-state index >= 15 is 0 Å². The van der Waals surface area contributed by atoms with Crippen molar-refractivity contribution in [3.63, 3.8) is 0 Å². The van der Waals surface area contributed by atoms with Crippen molar-refractivity contribution in [3.8, 4) is 11.5 Å². The maximum Gasteiger partial charge on any atom is 0.342 e. The number of hydrogen-bond acceptors (Lipinski definition) is 4. The minimum Gasteiger partial charge on any atom is -0.477 e. The number of aromatic carboxylic acids is 1. The summed E-state index contributed by atoms with van der Waals surface area (Å²) < 4.78 is 1.39. The lowest BCUT2D eigenvalue weighted by Gasteiger charge is -2.03. The van der Waals surface area contributed by atoms with Crippen LogP contribution < -0.4 is 5.56 Å². The molecular weight excluding hydrogens is 370 g/mol. The zero-order chi connectivity index (χ0) is 13.3. The second-order valence-corrected chi connectivity index (χ2v) is 5.03. The van der Waals surface area contributed by atoms with Crippen molar-refractivity contribution in [2.45, 2.75) is 0 Å². The normalized spacial score (nSPS) is 10.3. The Balaban J connectivity index is 2.56. The zero-order valence-corrected chi connectivity index (χ0v) is 11.8. The number of halogens is 2. The lowest BCUT2D eigenvalue weighted by atomic mass is 10.3. The average molecular weight is 375 g/mol. The largest absolute Gasteiger partial charge is 0.477 e. The van der Waals surface area contributed by atoms with Crippen LogP contribution in [0.2, 0.25) is 0 Å². The number of aromatic nitrogens is 3. The molecule has 2 N–H and O–H groups in total. The van der Waals surface area contributed by atoms with Crippen molar-refractivity contribution < 1.29 is 9.90 Å². The maximum absolute atomic E-state index is 11.5. The van der Waals surface area contributed by atoms with Gasteiger partial charge in [0.15, 0.2) is 5.82 Å². The van der Waals surface area contributed by atoms with E-state index in [1.807, 2.05) is 0 Å². The van der Waals surface area contributed by atoms with Gasteiger partial charge >= 0.3 is 5.97 Å². The van der Waals surface area contributed by atoms with Gasteiger partial charge in [0.05, 0.1) is 0 Å². The van der Waals surface area contributed by atoms with Crippen LogP contribution in [0.5, 0.6) is 0 Å². The first-order chi connectivity index (χ1) is 8.49. The predicted octanol–water partition coefficient (Wildman–Crippen LogP) is 2.06. The summed E-state index contributed by atoms with van der Waals surface area (Å²) in [7, 11) is 0. The van der Waals surface area contributed by atoms with Crippen molar-refractivity contribution in [1.82, 2.24) is 15.0 Å². The number of rotatable bonds is 2. The Morgan fingerprint density at radius 1 is 1.28 bits per heavy atom. The molecule has 0 atom stereocenters. The number of aromatic amines is 1. The first-order valence-electron chi connectivity index (χ1n) is 4.63. The highest BCUT2D eigenvalue weighted by Gasteiger charge is 2.13. The third-order valence-electron chi connectivity index (χ3n) is 2.06. The van der Waals surface area contributed by atoms with E-state index in [1.165, 1.54) is 0 Å². The van der Waals surface area contributed by atoms with Crippen molar-refractivity contribution in [2.75, 3.05) is 0 Å². The number of carbonyl (C=O) groups is 1. The topological polar surface area (TPSA) is 95.9 Å². The Kier molecular flexibility index (Phi) is 3.58. The minimum atomic E-state index is -1.32. The molecule has 0 aliphatic carbocycles. The molecule has 0 aliphatic rings. The van der Waals surface area contributed by atoms with E-state index in [1.54, 1.807) is 12.3 Å². The monoisotopic (exact) mass is 373 g/mol. The summed E-state index contributed by atoms with van der Waals surface area (Å²) in [6.07, 6.45) is 2.55. The molecule has 0 saturated carbocycles. The molecule has 0 saturated heterocycles. The van der Waals surface area contributed by atoms with Gasteiger partial charge in [-0.15, -0.1) is 0 Å². The average Bonchev–Trinajstić information content (AvgIpc) is 2.28. The fourth-order valence-electron chi connectivity index (χ4n) is 1.26. The van der Waals surface area contributed by atoms with Gasteiger partial charge in [0.25, 0.3) is 5.56 Å². The van der Waals surface area contributed by atoms with Crippen LogP contribution in [0, 0.1) is 0 Å². The molecule has 2 heterocycles. The predicted molar refractivity (Wildman–Crippen MR) is 70.4 cm³/mol. The van der Waals surface area contributed by atoms with Crippen molar-refractivity contribution in [2.24, 2.45) is 0 Å². The molecule has 0 radical (unpaired) electrons. The molecule has 0 spiro atoms.